The maximum atomic E-state index is 6.02. The molecule has 0 saturated carbocycles. The molecule has 0 aliphatic carbocycles. The van der Waals surface area contributed by atoms with Crippen molar-refractivity contribution < 1.29 is 4.74 Å². The third kappa shape index (κ3) is 3.29. The molecule has 0 bridgehead atoms. The number of hydrogen-bond donors (Lipinski definition) is 1. The Morgan fingerprint density at radius 2 is 1.84 bits per heavy atom. The molecular formula is C15H19N3O. The minimum atomic E-state index is -0.540. The Morgan fingerprint density at radius 1 is 1.16 bits per heavy atom. The van der Waals surface area contributed by atoms with Crippen LogP contribution < -0.4 is 10.5 Å². The number of hydrogen-bond acceptors (Lipinski definition) is 4. The van der Waals surface area contributed by atoms with Gasteiger partial charge in [-0.25, -0.2) is 9.97 Å². The van der Waals surface area contributed by atoms with Crippen LogP contribution in [0.2, 0.25) is 0 Å². The van der Waals surface area contributed by atoms with Crippen LogP contribution in [0.5, 0.6) is 5.75 Å². The predicted octanol–water partition coefficient (Wildman–Crippen LogP) is 2.74. The minimum absolute atomic E-state index is 0.540. The summed E-state index contributed by atoms with van der Waals surface area (Å²) in [5, 5.41) is 0. The quantitative estimate of drug-likeness (QED) is 0.914. The van der Waals surface area contributed by atoms with Crippen molar-refractivity contribution in [2.75, 3.05) is 6.61 Å². The molecule has 19 heavy (non-hydrogen) atoms. The summed E-state index contributed by atoms with van der Waals surface area (Å²) in [6.45, 7) is 6.42. The lowest BCUT2D eigenvalue weighted by atomic mass is 10.1. The Hall–Kier alpha value is -1.94. The van der Waals surface area contributed by atoms with E-state index in [1.54, 1.807) is 6.20 Å². The zero-order valence-electron chi connectivity index (χ0n) is 11.6. The fraction of sp³-hybridized carbons (Fsp3) is 0.333. The highest BCUT2D eigenvalue weighted by Gasteiger charge is 2.18. The van der Waals surface area contributed by atoms with Crippen LogP contribution in [0.3, 0.4) is 0 Å². The summed E-state index contributed by atoms with van der Waals surface area (Å²) >= 11 is 0. The van der Waals surface area contributed by atoms with Crippen molar-refractivity contribution in [2.45, 2.75) is 26.3 Å². The molecule has 0 amide bonds. The highest BCUT2D eigenvalue weighted by Crippen LogP contribution is 2.22. The van der Waals surface area contributed by atoms with Crippen LogP contribution in [0.1, 0.15) is 26.6 Å². The van der Waals surface area contributed by atoms with Crippen molar-refractivity contribution in [1.82, 2.24) is 9.97 Å². The van der Waals surface area contributed by atoms with Gasteiger partial charge in [0.15, 0.2) is 0 Å². The number of nitrogens with two attached hydrogens (primary N) is 1. The lowest BCUT2D eigenvalue weighted by Gasteiger charge is -2.17. The number of benzene rings is 1. The van der Waals surface area contributed by atoms with E-state index >= 15 is 0 Å². The van der Waals surface area contributed by atoms with Crippen molar-refractivity contribution in [3.05, 3.63) is 42.4 Å². The SMILES string of the molecule is CCOc1ccc(-c2ccnc(C(C)(C)N)n2)cc1. The average Bonchev–Trinajstić information content (AvgIpc) is 2.39. The van der Waals surface area contributed by atoms with Gasteiger partial charge in [0.25, 0.3) is 0 Å². The summed E-state index contributed by atoms with van der Waals surface area (Å²) in [6, 6.07) is 9.73. The van der Waals surface area contributed by atoms with Gasteiger partial charge in [-0.15, -0.1) is 0 Å². The van der Waals surface area contributed by atoms with Gasteiger partial charge in [-0.1, -0.05) is 0 Å². The summed E-state index contributed by atoms with van der Waals surface area (Å²) in [6.07, 6.45) is 1.74. The molecule has 2 N–H and O–H groups in total. The highest BCUT2D eigenvalue weighted by atomic mass is 16.5. The predicted molar refractivity (Wildman–Crippen MR) is 75.9 cm³/mol. The second-order valence-corrected chi connectivity index (χ2v) is 4.94. The third-order valence-corrected chi connectivity index (χ3v) is 2.69. The number of nitrogens with zero attached hydrogens (tertiary/aromatic N) is 2. The average molecular weight is 257 g/mol. The smallest absolute Gasteiger partial charge is 0.148 e. The van der Waals surface area contributed by atoms with Crippen LogP contribution in [-0.4, -0.2) is 16.6 Å². The Morgan fingerprint density at radius 3 is 2.42 bits per heavy atom. The standard InChI is InChI=1S/C15H19N3O/c1-4-19-12-7-5-11(6-8-12)13-9-10-17-14(18-13)15(2,3)16/h5-10H,4,16H2,1-3H3. The molecule has 0 aliphatic heterocycles. The summed E-state index contributed by atoms with van der Waals surface area (Å²) in [5.74, 6) is 1.50. The summed E-state index contributed by atoms with van der Waals surface area (Å²) in [7, 11) is 0. The van der Waals surface area contributed by atoms with Gasteiger partial charge in [-0.05, 0) is 51.1 Å². The third-order valence-electron chi connectivity index (χ3n) is 2.69. The molecule has 0 atom stereocenters. The molecule has 1 heterocycles. The molecule has 100 valence electrons. The zero-order chi connectivity index (χ0) is 13.9. The monoisotopic (exact) mass is 257 g/mol. The van der Waals surface area contributed by atoms with E-state index in [-0.39, 0.29) is 0 Å². The van der Waals surface area contributed by atoms with E-state index in [0.717, 1.165) is 17.0 Å². The molecule has 0 radical (unpaired) electrons. The second-order valence-electron chi connectivity index (χ2n) is 4.94. The van der Waals surface area contributed by atoms with Gasteiger partial charge in [-0.2, -0.15) is 0 Å². The van der Waals surface area contributed by atoms with Crippen LogP contribution in [-0.2, 0) is 5.54 Å². The van der Waals surface area contributed by atoms with E-state index < -0.39 is 5.54 Å². The van der Waals surface area contributed by atoms with Gasteiger partial charge >= 0.3 is 0 Å². The largest absolute Gasteiger partial charge is 0.494 e. The molecule has 0 fully saturated rings. The van der Waals surface area contributed by atoms with Crippen LogP contribution >= 0.6 is 0 Å². The van der Waals surface area contributed by atoms with E-state index in [9.17, 15) is 0 Å². The van der Waals surface area contributed by atoms with Crippen molar-refractivity contribution in [2.24, 2.45) is 5.73 Å². The molecule has 0 saturated heterocycles. The van der Waals surface area contributed by atoms with Gasteiger partial charge in [0.05, 0.1) is 17.8 Å². The highest BCUT2D eigenvalue weighted by molar-refractivity contribution is 5.59. The van der Waals surface area contributed by atoms with Crippen LogP contribution in [0, 0.1) is 0 Å². The van der Waals surface area contributed by atoms with E-state index in [4.69, 9.17) is 10.5 Å². The molecule has 4 nitrogen and oxygen atoms in total. The molecule has 1 aromatic carbocycles. The maximum Gasteiger partial charge on any atom is 0.148 e. The Bertz CT molecular complexity index is 544. The van der Waals surface area contributed by atoms with Crippen molar-refractivity contribution in [1.29, 1.82) is 0 Å². The van der Waals surface area contributed by atoms with Gasteiger partial charge in [0, 0.05) is 11.8 Å². The first-order valence-corrected chi connectivity index (χ1v) is 6.36. The van der Waals surface area contributed by atoms with Crippen LogP contribution in [0.4, 0.5) is 0 Å². The molecular weight excluding hydrogens is 238 g/mol. The molecule has 2 rings (SSSR count). The fourth-order valence-corrected chi connectivity index (χ4v) is 1.72. The van der Waals surface area contributed by atoms with Crippen molar-refractivity contribution in [3.8, 4) is 17.0 Å². The summed E-state index contributed by atoms with van der Waals surface area (Å²) in [5.41, 5.74) is 7.37. The van der Waals surface area contributed by atoms with Crippen molar-refractivity contribution >= 4 is 0 Å². The lowest BCUT2D eigenvalue weighted by molar-refractivity contribution is 0.340. The van der Waals surface area contributed by atoms with Gasteiger partial charge in [-0.3, -0.25) is 0 Å². The minimum Gasteiger partial charge on any atom is -0.494 e. The molecule has 0 unspecified atom stereocenters. The number of rotatable bonds is 4. The molecule has 0 spiro atoms. The Labute approximate surface area is 113 Å². The normalized spacial score (nSPS) is 11.4. The number of aromatic nitrogens is 2. The lowest BCUT2D eigenvalue weighted by Crippen LogP contribution is -2.31. The Kier molecular flexibility index (Phi) is 3.81. The first kappa shape index (κ1) is 13.5. The Balaban J connectivity index is 2.31. The summed E-state index contributed by atoms with van der Waals surface area (Å²) < 4.78 is 5.42. The molecule has 2 aromatic rings. The van der Waals surface area contributed by atoms with E-state index in [0.29, 0.717) is 12.4 Å². The molecule has 4 heteroatoms. The maximum absolute atomic E-state index is 6.02. The van der Waals surface area contributed by atoms with Crippen LogP contribution in [0.25, 0.3) is 11.3 Å². The van der Waals surface area contributed by atoms with Gasteiger partial charge in [0.2, 0.25) is 0 Å². The number of ether oxygens (including phenoxy) is 1. The summed E-state index contributed by atoms with van der Waals surface area (Å²) in [4.78, 5) is 8.74. The molecule has 0 aliphatic rings. The topological polar surface area (TPSA) is 61.0 Å². The van der Waals surface area contributed by atoms with Crippen LogP contribution in [0.15, 0.2) is 36.5 Å². The van der Waals surface area contributed by atoms with Crippen molar-refractivity contribution in [3.63, 3.8) is 0 Å². The fourth-order valence-electron chi connectivity index (χ4n) is 1.72. The second kappa shape index (κ2) is 5.36. The first-order chi connectivity index (χ1) is 9.00. The van der Waals surface area contributed by atoms with Gasteiger partial charge in [0.1, 0.15) is 11.6 Å². The van der Waals surface area contributed by atoms with E-state index in [2.05, 4.69) is 9.97 Å². The van der Waals surface area contributed by atoms with E-state index in [1.165, 1.54) is 0 Å². The van der Waals surface area contributed by atoms with E-state index in [1.807, 2.05) is 51.1 Å². The van der Waals surface area contributed by atoms with Gasteiger partial charge < -0.3 is 10.5 Å². The molecule has 1 aromatic heterocycles. The zero-order valence-corrected chi connectivity index (χ0v) is 11.6. The first-order valence-electron chi connectivity index (χ1n) is 6.36.